The van der Waals surface area contributed by atoms with Crippen molar-refractivity contribution < 1.29 is 13.2 Å². The predicted molar refractivity (Wildman–Crippen MR) is 89.3 cm³/mol. The van der Waals surface area contributed by atoms with Crippen molar-refractivity contribution in [3.63, 3.8) is 0 Å². The Bertz CT molecular complexity index is 620. The molecule has 2 aliphatic rings. The number of hydrogen-bond donors (Lipinski definition) is 0. The molecule has 0 radical (unpaired) electrons. The molecule has 1 saturated carbocycles. The number of aromatic nitrogens is 1. The molecule has 0 amide bonds. The van der Waals surface area contributed by atoms with Crippen molar-refractivity contribution in [1.29, 1.82) is 0 Å². The van der Waals surface area contributed by atoms with Crippen molar-refractivity contribution in [2.45, 2.75) is 38.3 Å². The van der Waals surface area contributed by atoms with E-state index in [1.54, 1.807) is 18.4 Å². The van der Waals surface area contributed by atoms with E-state index in [0.29, 0.717) is 25.6 Å². The summed E-state index contributed by atoms with van der Waals surface area (Å²) in [5.74, 6) is 0.685. The summed E-state index contributed by atoms with van der Waals surface area (Å²) in [6, 6.07) is 4.01. The van der Waals surface area contributed by atoms with Gasteiger partial charge in [0.2, 0.25) is 0 Å². The molecule has 1 aliphatic carbocycles. The Morgan fingerprint density at radius 2 is 2.00 bits per heavy atom. The van der Waals surface area contributed by atoms with Crippen LogP contribution >= 0.6 is 0 Å². The zero-order chi connectivity index (χ0) is 16.4. The van der Waals surface area contributed by atoms with Crippen molar-refractivity contribution in [1.82, 2.24) is 13.2 Å². The van der Waals surface area contributed by atoms with Crippen molar-refractivity contribution in [3.8, 4) is 0 Å². The molecule has 6 nitrogen and oxygen atoms in total. The van der Waals surface area contributed by atoms with Gasteiger partial charge < -0.3 is 9.30 Å². The second-order valence-electron chi connectivity index (χ2n) is 6.83. The lowest BCUT2D eigenvalue weighted by Crippen LogP contribution is -2.46. The number of nitrogens with zero attached hydrogens (tertiary/aromatic N) is 3. The molecule has 0 spiro atoms. The van der Waals surface area contributed by atoms with Crippen LogP contribution in [0.15, 0.2) is 18.3 Å². The van der Waals surface area contributed by atoms with Gasteiger partial charge in [0, 0.05) is 39.1 Å². The lowest BCUT2D eigenvalue weighted by Gasteiger charge is -2.35. The van der Waals surface area contributed by atoms with Crippen LogP contribution in [0.2, 0.25) is 0 Å². The van der Waals surface area contributed by atoms with Gasteiger partial charge in [0.05, 0.1) is 19.2 Å². The molecule has 0 saturated heterocycles. The molecule has 130 valence electrons. The first-order chi connectivity index (χ1) is 11.0. The second-order valence-corrected chi connectivity index (χ2v) is 8.97. The van der Waals surface area contributed by atoms with E-state index in [0.717, 1.165) is 12.3 Å². The number of rotatable bonds is 6. The Morgan fingerprint density at radius 1 is 1.26 bits per heavy atom. The van der Waals surface area contributed by atoms with Gasteiger partial charge in [-0.2, -0.15) is 17.0 Å². The molecule has 1 aromatic rings. The highest BCUT2D eigenvalue weighted by molar-refractivity contribution is 7.86. The highest BCUT2D eigenvalue weighted by Crippen LogP contribution is 2.27. The SMILES string of the molecule is CN(C)S(=O)(=O)N1Cc2cccn2[C@@H](COCC2CCCC2)C1. The molecule has 0 bridgehead atoms. The fraction of sp³-hybridized carbons (Fsp3) is 0.750. The molecule has 1 aliphatic heterocycles. The fourth-order valence-corrected chi connectivity index (χ4v) is 4.69. The highest BCUT2D eigenvalue weighted by Gasteiger charge is 2.33. The lowest BCUT2D eigenvalue weighted by molar-refractivity contribution is 0.0629. The third-order valence-corrected chi connectivity index (χ3v) is 6.79. The van der Waals surface area contributed by atoms with Gasteiger partial charge in [-0.1, -0.05) is 12.8 Å². The van der Waals surface area contributed by atoms with Gasteiger partial charge in [0.1, 0.15) is 0 Å². The molecule has 1 atom stereocenters. The number of ether oxygens (including phenoxy) is 1. The zero-order valence-electron chi connectivity index (χ0n) is 14.0. The first kappa shape index (κ1) is 17.0. The topological polar surface area (TPSA) is 54.8 Å². The molecule has 0 unspecified atom stereocenters. The molecular weight excluding hydrogens is 314 g/mol. The minimum atomic E-state index is -3.40. The Hall–Kier alpha value is -0.890. The molecule has 1 aromatic heterocycles. The fourth-order valence-electron chi connectivity index (χ4n) is 3.57. The van der Waals surface area contributed by atoms with E-state index in [1.165, 1.54) is 30.0 Å². The Kier molecular flexibility index (Phi) is 5.10. The largest absolute Gasteiger partial charge is 0.379 e. The van der Waals surface area contributed by atoms with E-state index < -0.39 is 10.2 Å². The van der Waals surface area contributed by atoms with Crippen LogP contribution in [-0.2, 0) is 21.5 Å². The summed E-state index contributed by atoms with van der Waals surface area (Å²) in [5, 5.41) is 0. The first-order valence-electron chi connectivity index (χ1n) is 8.39. The Balaban J connectivity index is 1.66. The van der Waals surface area contributed by atoms with Crippen LogP contribution in [0.5, 0.6) is 0 Å². The summed E-state index contributed by atoms with van der Waals surface area (Å²) in [6.07, 6.45) is 7.18. The quantitative estimate of drug-likeness (QED) is 0.793. The first-order valence-corrected chi connectivity index (χ1v) is 9.79. The van der Waals surface area contributed by atoms with E-state index in [2.05, 4.69) is 4.57 Å². The minimum absolute atomic E-state index is 0.0462. The standard InChI is InChI=1S/C16H27N3O3S/c1-17(2)23(20,21)18-10-15-8-5-9-19(15)16(11-18)13-22-12-14-6-3-4-7-14/h5,8-9,14,16H,3-4,6-7,10-13H2,1-2H3/t16-/m1/s1. The molecule has 2 heterocycles. The van der Waals surface area contributed by atoms with Gasteiger partial charge >= 0.3 is 0 Å². The smallest absolute Gasteiger partial charge is 0.281 e. The summed E-state index contributed by atoms with van der Waals surface area (Å²) in [4.78, 5) is 0. The summed E-state index contributed by atoms with van der Waals surface area (Å²) < 4.78 is 35.8. The van der Waals surface area contributed by atoms with Crippen LogP contribution in [0.25, 0.3) is 0 Å². The van der Waals surface area contributed by atoms with Crippen molar-refractivity contribution >= 4 is 10.2 Å². The highest BCUT2D eigenvalue weighted by atomic mass is 32.2. The Morgan fingerprint density at radius 3 is 2.70 bits per heavy atom. The van der Waals surface area contributed by atoms with Crippen LogP contribution in [0.1, 0.15) is 37.4 Å². The molecule has 1 fully saturated rings. The average Bonchev–Trinajstić information content (AvgIpc) is 3.17. The molecule has 7 heteroatoms. The minimum Gasteiger partial charge on any atom is -0.379 e. The van der Waals surface area contributed by atoms with Gasteiger partial charge in [0.25, 0.3) is 10.2 Å². The molecule has 0 aromatic carbocycles. The van der Waals surface area contributed by atoms with E-state index in [1.807, 2.05) is 18.3 Å². The Labute approximate surface area is 139 Å². The van der Waals surface area contributed by atoms with E-state index >= 15 is 0 Å². The summed E-state index contributed by atoms with van der Waals surface area (Å²) >= 11 is 0. The number of fused-ring (bicyclic) bond motifs is 1. The van der Waals surface area contributed by atoms with Crippen LogP contribution in [-0.4, -0.2) is 55.4 Å². The van der Waals surface area contributed by atoms with Crippen LogP contribution in [0.3, 0.4) is 0 Å². The van der Waals surface area contributed by atoms with Crippen molar-refractivity contribution in [3.05, 3.63) is 24.0 Å². The van der Waals surface area contributed by atoms with Gasteiger partial charge in [0.15, 0.2) is 0 Å². The van der Waals surface area contributed by atoms with Gasteiger partial charge in [-0.15, -0.1) is 0 Å². The van der Waals surface area contributed by atoms with E-state index in [4.69, 9.17) is 4.74 Å². The third-order valence-electron chi connectivity index (χ3n) is 4.94. The van der Waals surface area contributed by atoms with Gasteiger partial charge in [-0.25, -0.2) is 0 Å². The van der Waals surface area contributed by atoms with Crippen LogP contribution < -0.4 is 0 Å². The summed E-state index contributed by atoms with van der Waals surface area (Å²) in [6.45, 7) is 2.25. The maximum atomic E-state index is 12.4. The molecule has 23 heavy (non-hydrogen) atoms. The second kappa shape index (κ2) is 6.93. The molecular formula is C16H27N3O3S. The number of hydrogen-bond acceptors (Lipinski definition) is 3. The van der Waals surface area contributed by atoms with Crippen molar-refractivity contribution in [2.75, 3.05) is 33.9 Å². The molecule has 0 N–H and O–H groups in total. The predicted octanol–water partition coefficient (Wildman–Crippen LogP) is 1.86. The van der Waals surface area contributed by atoms with Gasteiger partial charge in [-0.05, 0) is 30.9 Å². The molecule has 3 rings (SSSR count). The van der Waals surface area contributed by atoms with Crippen LogP contribution in [0, 0.1) is 5.92 Å². The summed E-state index contributed by atoms with van der Waals surface area (Å²) in [5.41, 5.74) is 1.02. The van der Waals surface area contributed by atoms with E-state index in [-0.39, 0.29) is 6.04 Å². The summed E-state index contributed by atoms with van der Waals surface area (Å²) in [7, 11) is -0.240. The van der Waals surface area contributed by atoms with Crippen LogP contribution in [0.4, 0.5) is 0 Å². The zero-order valence-corrected chi connectivity index (χ0v) is 14.8. The lowest BCUT2D eigenvalue weighted by atomic mass is 10.1. The van der Waals surface area contributed by atoms with Gasteiger partial charge in [-0.3, -0.25) is 0 Å². The average molecular weight is 341 g/mol. The monoisotopic (exact) mass is 341 g/mol. The third kappa shape index (κ3) is 3.63. The maximum Gasteiger partial charge on any atom is 0.281 e. The van der Waals surface area contributed by atoms with E-state index in [9.17, 15) is 8.42 Å². The normalized spacial score (nSPS) is 23.5. The maximum absolute atomic E-state index is 12.4. The van der Waals surface area contributed by atoms with Crippen molar-refractivity contribution in [2.24, 2.45) is 5.92 Å².